The van der Waals surface area contributed by atoms with E-state index in [9.17, 15) is 13.6 Å². The van der Waals surface area contributed by atoms with Crippen molar-refractivity contribution in [1.82, 2.24) is 19.9 Å². The van der Waals surface area contributed by atoms with Crippen LogP contribution in [0, 0.1) is 17.6 Å². The Morgan fingerprint density at radius 2 is 1.84 bits per heavy atom. The van der Waals surface area contributed by atoms with E-state index in [1.807, 2.05) is 0 Å². The van der Waals surface area contributed by atoms with Gasteiger partial charge in [0.2, 0.25) is 0 Å². The highest BCUT2D eigenvalue weighted by atomic mass is 19.1. The van der Waals surface area contributed by atoms with Gasteiger partial charge in [-0.1, -0.05) is 6.07 Å². The average Bonchev–Trinajstić information content (AvgIpc) is 3.13. The summed E-state index contributed by atoms with van der Waals surface area (Å²) in [5, 5.41) is 8.90. The van der Waals surface area contributed by atoms with Gasteiger partial charge in [0.1, 0.15) is 23.6 Å². The molecule has 0 spiro atoms. The van der Waals surface area contributed by atoms with Gasteiger partial charge in [-0.25, -0.2) is 23.7 Å². The molecule has 9 heteroatoms. The minimum absolute atomic E-state index is 0.157. The highest BCUT2D eigenvalue weighted by Crippen LogP contribution is 2.31. The van der Waals surface area contributed by atoms with Gasteiger partial charge >= 0.3 is 12.0 Å². The van der Waals surface area contributed by atoms with Crippen LogP contribution in [0.2, 0.25) is 0 Å². The van der Waals surface area contributed by atoms with Gasteiger partial charge in [-0.15, -0.1) is 0 Å². The van der Waals surface area contributed by atoms with Gasteiger partial charge in [-0.05, 0) is 48.7 Å². The second-order valence-electron chi connectivity index (χ2n) is 7.44. The van der Waals surface area contributed by atoms with Crippen LogP contribution < -0.4 is 4.74 Å². The zero-order chi connectivity index (χ0) is 21.5. The summed E-state index contributed by atoms with van der Waals surface area (Å²) in [4.78, 5) is 26.4. The number of hydrogen-bond donors (Lipinski definition) is 2. The maximum Gasteiger partial charge on any atom is 0.316 e. The second-order valence-corrected chi connectivity index (χ2v) is 7.44. The number of aromatic nitrogens is 4. The number of nitrogens with zero attached hydrogens (tertiary/aromatic N) is 3. The van der Waals surface area contributed by atoms with Crippen molar-refractivity contribution in [2.24, 2.45) is 5.92 Å². The lowest BCUT2D eigenvalue weighted by molar-refractivity contribution is -0.148. The van der Waals surface area contributed by atoms with Gasteiger partial charge in [0.15, 0.2) is 0 Å². The van der Waals surface area contributed by atoms with Crippen LogP contribution in [-0.4, -0.2) is 37.1 Å². The number of benzene rings is 2. The van der Waals surface area contributed by atoms with E-state index in [0.717, 1.165) is 0 Å². The minimum atomic E-state index is -0.823. The van der Waals surface area contributed by atoms with E-state index in [1.165, 1.54) is 36.7 Å². The lowest BCUT2D eigenvalue weighted by Gasteiger charge is -2.31. The smallest absolute Gasteiger partial charge is 0.316 e. The molecule has 0 bridgehead atoms. The Balaban J connectivity index is 1.33. The van der Waals surface area contributed by atoms with Crippen LogP contribution in [0.15, 0.2) is 48.8 Å². The van der Waals surface area contributed by atoms with E-state index in [1.54, 1.807) is 12.1 Å². The number of rotatable bonds is 5. The van der Waals surface area contributed by atoms with E-state index in [-0.39, 0.29) is 23.6 Å². The van der Waals surface area contributed by atoms with Gasteiger partial charge in [-0.2, -0.15) is 0 Å². The van der Waals surface area contributed by atoms with Crippen molar-refractivity contribution in [2.75, 3.05) is 0 Å². The fourth-order valence-corrected chi connectivity index (χ4v) is 3.53. The maximum absolute atomic E-state index is 14.8. The molecule has 2 aromatic carbocycles. The molecule has 2 N–H and O–H groups in total. The lowest BCUT2D eigenvalue weighted by Crippen LogP contribution is -2.38. The van der Waals surface area contributed by atoms with E-state index in [0.29, 0.717) is 40.8 Å². The molecule has 156 valence electrons. The van der Waals surface area contributed by atoms with Gasteiger partial charge in [-0.3, -0.25) is 4.79 Å². The van der Waals surface area contributed by atoms with Crippen LogP contribution in [0.5, 0.6) is 6.01 Å². The quantitative estimate of drug-likeness (QED) is 0.500. The number of aromatic amines is 1. The number of nitrogens with one attached hydrogen (secondary N) is 1. The number of hydrogen-bond acceptors (Lipinski definition) is 5. The Bertz CT molecular complexity index is 1280. The summed E-state index contributed by atoms with van der Waals surface area (Å²) in [6, 6.07) is 8.96. The van der Waals surface area contributed by atoms with E-state index in [2.05, 4.69) is 19.9 Å². The Labute approximate surface area is 174 Å². The molecule has 4 aromatic rings. The van der Waals surface area contributed by atoms with Crippen LogP contribution in [0.3, 0.4) is 0 Å². The standard InChI is InChI=1S/C22H16F2N4O3/c23-14-2-4-18-19(8-14)28-20(27-18)16-3-1-11(7-17(16)24)13-9-25-22(26-10-13)31-15-5-12(6-15)21(29)30/h1-4,7-10,12,15H,5-6H2,(H,27,28)(H,29,30). The number of aliphatic carboxylic acids is 1. The molecule has 1 saturated carbocycles. The van der Waals surface area contributed by atoms with E-state index >= 15 is 0 Å². The molecule has 1 fully saturated rings. The molecule has 0 amide bonds. The predicted molar refractivity (Wildman–Crippen MR) is 107 cm³/mol. The molecule has 0 saturated heterocycles. The maximum atomic E-state index is 14.8. The van der Waals surface area contributed by atoms with Gasteiger partial charge in [0.05, 0.1) is 22.5 Å². The third kappa shape index (κ3) is 3.70. The molecule has 1 aliphatic rings. The molecular weight excluding hydrogens is 406 g/mol. The third-order valence-corrected chi connectivity index (χ3v) is 5.35. The Hall–Kier alpha value is -3.88. The summed E-state index contributed by atoms with van der Waals surface area (Å²) < 4.78 is 33.7. The van der Waals surface area contributed by atoms with Gasteiger partial charge in [0, 0.05) is 18.0 Å². The van der Waals surface area contributed by atoms with E-state index < -0.39 is 17.6 Å². The zero-order valence-electron chi connectivity index (χ0n) is 16.0. The molecule has 5 rings (SSSR count). The van der Waals surface area contributed by atoms with Crippen LogP contribution in [0.4, 0.5) is 8.78 Å². The van der Waals surface area contributed by atoms with Crippen LogP contribution >= 0.6 is 0 Å². The molecule has 2 aromatic heterocycles. The normalized spacial score (nSPS) is 18.0. The molecule has 7 nitrogen and oxygen atoms in total. The Morgan fingerprint density at radius 1 is 1.06 bits per heavy atom. The largest absolute Gasteiger partial charge is 0.481 e. The first-order valence-electron chi connectivity index (χ1n) is 9.63. The Morgan fingerprint density at radius 3 is 2.55 bits per heavy atom. The van der Waals surface area contributed by atoms with Crippen LogP contribution in [0.25, 0.3) is 33.5 Å². The van der Waals surface area contributed by atoms with Crippen molar-refractivity contribution < 1.29 is 23.4 Å². The zero-order valence-corrected chi connectivity index (χ0v) is 16.0. The number of halogens is 2. The summed E-state index contributed by atoms with van der Waals surface area (Å²) in [7, 11) is 0. The minimum Gasteiger partial charge on any atom is -0.481 e. The van der Waals surface area contributed by atoms with Crippen molar-refractivity contribution in [3.05, 3.63) is 60.4 Å². The van der Waals surface area contributed by atoms with Crippen molar-refractivity contribution >= 4 is 17.0 Å². The summed E-state index contributed by atoms with van der Waals surface area (Å²) >= 11 is 0. The monoisotopic (exact) mass is 422 g/mol. The molecule has 0 aliphatic heterocycles. The summed E-state index contributed by atoms with van der Waals surface area (Å²) in [6.45, 7) is 0. The summed E-state index contributed by atoms with van der Waals surface area (Å²) in [5.41, 5.74) is 2.47. The number of fused-ring (bicyclic) bond motifs is 1. The number of carboxylic acids is 1. The average molecular weight is 422 g/mol. The fraction of sp³-hybridized carbons (Fsp3) is 0.182. The molecule has 31 heavy (non-hydrogen) atoms. The van der Waals surface area contributed by atoms with Crippen molar-refractivity contribution in [2.45, 2.75) is 18.9 Å². The lowest BCUT2D eigenvalue weighted by atomic mass is 9.82. The van der Waals surface area contributed by atoms with Gasteiger partial charge in [0.25, 0.3) is 0 Å². The molecular formula is C22H16F2N4O3. The molecule has 0 unspecified atom stereocenters. The molecule has 2 heterocycles. The number of carboxylic acid groups (broad SMARTS) is 1. The first-order valence-corrected chi connectivity index (χ1v) is 9.63. The summed E-state index contributed by atoms with van der Waals surface area (Å²) in [6.07, 6.45) is 3.70. The third-order valence-electron chi connectivity index (χ3n) is 5.35. The van der Waals surface area contributed by atoms with Crippen LogP contribution in [-0.2, 0) is 4.79 Å². The predicted octanol–water partition coefficient (Wildman–Crippen LogP) is 4.21. The number of H-pyrrole nitrogens is 1. The first-order chi connectivity index (χ1) is 15.0. The topological polar surface area (TPSA) is 101 Å². The van der Waals surface area contributed by atoms with Gasteiger partial charge < -0.3 is 14.8 Å². The number of imidazole rings is 1. The SMILES string of the molecule is O=C(O)C1CC(Oc2ncc(-c3ccc(-c4nc5ccc(F)cc5[nH]4)c(F)c3)cn2)C1. The fourth-order valence-electron chi connectivity index (χ4n) is 3.53. The van der Waals surface area contributed by atoms with Crippen molar-refractivity contribution in [3.8, 4) is 28.5 Å². The Kier molecular flexibility index (Phi) is 4.58. The number of carbonyl (C=O) groups is 1. The summed E-state index contributed by atoms with van der Waals surface area (Å²) in [5.74, 6) is -1.78. The number of ether oxygens (including phenoxy) is 1. The second kappa shape index (κ2) is 7.42. The first kappa shape index (κ1) is 19.1. The highest BCUT2D eigenvalue weighted by molar-refractivity contribution is 5.80. The van der Waals surface area contributed by atoms with Crippen LogP contribution in [0.1, 0.15) is 12.8 Å². The molecule has 1 aliphatic carbocycles. The van der Waals surface area contributed by atoms with Crippen molar-refractivity contribution in [3.63, 3.8) is 0 Å². The van der Waals surface area contributed by atoms with E-state index in [4.69, 9.17) is 9.84 Å². The van der Waals surface area contributed by atoms with Crippen molar-refractivity contribution in [1.29, 1.82) is 0 Å². The highest BCUT2D eigenvalue weighted by Gasteiger charge is 2.36. The molecule has 0 atom stereocenters. The molecule has 0 radical (unpaired) electrons.